The van der Waals surface area contributed by atoms with E-state index in [-0.39, 0.29) is 5.91 Å². The number of hydrogen-bond acceptors (Lipinski definition) is 3. The number of ether oxygens (including phenoxy) is 1. The molecule has 1 heterocycles. The van der Waals surface area contributed by atoms with E-state index < -0.39 is 5.60 Å². The number of halogens is 1. The lowest BCUT2D eigenvalue weighted by molar-refractivity contribution is -0.134. The smallest absolute Gasteiger partial charge is 0.263 e. The van der Waals surface area contributed by atoms with Gasteiger partial charge in [0.15, 0.2) is 5.60 Å². The number of benzene rings is 2. The van der Waals surface area contributed by atoms with Crippen LogP contribution in [0.4, 0.5) is 0 Å². The molecule has 2 aromatic rings. The van der Waals surface area contributed by atoms with Crippen LogP contribution in [0, 0.1) is 5.92 Å². The van der Waals surface area contributed by atoms with E-state index in [0.29, 0.717) is 23.2 Å². The lowest BCUT2D eigenvalue weighted by Crippen LogP contribution is -2.48. The lowest BCUT2D eigenvalue weighted by Gasteiger charge is -2.33. The van der Waals surface area contributed by atoms with E-state index in [1.165, 1.54) is 5.56 Å². The highest BCUT2D eigenvalue weighted by Crippen LogP contribution is 2.22. The molecule has 150 valence electrons. The summed E-state index contributed by atoms with van der Waals surface area (Å²) in [6.07, 6.45) is 2.21. The zero-order chi connectivity index (χ0) is 20.0. The van der Waals surface area contributed by atoms with Crippen LogP contribution in [0.2, 0.25) is 5.02 Å². The number of carbonyl (C=O) groups is 1. The first kappa shape index (κ1) is 20.7. The fourth-order valence-corrected chi connectivity index (χ4v) is 3.61. The number of amides is 1. The van der Waals surface area contributed by atoms with E-state index in [4.69, 9.17) is 16.3 Å². The Morgan fingerprint density at radius 3 is 2.39 bits per heavy atom. The molecule has 1 aliphatic rings. The van der Waals surface area contributed by atoms with E-state index in [0.717, 1.165) is 32.5 Å². The van der Waals surface area contributed by atoms with Crippen LogP contribution in [-0.4, -0.2) is 36.0 Å². The Hall–Kier alpha value is -2.04. The Morgan fingerprint density at radius 2 is 1.75 bits per heavy atom. The Morgan fingerprint density at radius 1 is 1.11 bits per heavy atom. The minimum absolute atomic E-state index is 0.0887. The maximum absolute atomic E-state index is 12.6. The molecule has 1 aliphatic heterocycles. The summed E-state index contributed by atoms with van der Waals surface area (Å²) in [7, 11) is 0. The summed E-state index contributed by atoms with van der Waals surface area (Å²) in [6.45, 7) is 7.42. The zero-order valence-electron chi connectivity index (χ0n) is 16.7. The van der Waals surface area contributed by atoms with Gasteiger partial charge < -0.3 is 10.1 Å². The van der Waals surface area contributed by atoms with Crippen LogP contribution in [0.5, 0.6) is 5.75 Å². The maximum Gasteiger partial charge on any atom is 0.263 e. The van der Waals surface area contributed by atoms with Crippen LogP contribution < -0.4 is 10.1 Å². The Labute approximate surface area is 172 Å². The van der Waals surface area contributed by atoms with Gasteiger partial charge in [0.05, 0.1) is 0 Å². The molecule has 1 N–H and O–H groups in total. The third kappa shape index (κ3) is 5.98. The number of nitrogens with zero attached hydrogens (tertiary/aromatic N) is 1. The number of hydrogen-bond donors (Lipinski definition) is 1. The van der Waals surface area contributed by atoms with Crippen molar-refractivity contribution in [1.29, 1.82) is 0 Å². The van der Waals surface area contributed by atoms with Crippen LogP contribution in [-0.2, 0) is 11.3 Å². The summed E-state index contributed by atoms with van der Waals surface area (Å²) in [6, 6.07) is 17.7. The first-order chi connectivity index (χ1) is 13.4. The van der Waals surface area contributed by atoms with Gasteiger partial charge in [-0.2, -0.15) is 0 Å². The lowest BCUT2D eigenvalue weighted by atomic mass is 9.96. The van der Waals surface area contributed by atoms with Crippen molar-refractivity contribution < 1.29 is 9.53 Å². The highest BCUT2D eigenvalue weighted by molar-refractivity contribution is 6.30. The molecule has 0 unspecified atom stereocenters. The zero-order valence-corrected chi connectivity index (χ0v) is 17.4. The van der Waals surface area contributed by atoms with Crippen molar-refractivity contribution in [2.45, 2.75) is 38.8 Å². The number of rotatable bonds is 7. The van der Waals surface area contributed by atoms with E-state index in [1.807, 2.05) is 0 Å². The SMILES string of the molecule is CC(C)(Oc1ccc(Cl)cc1)C(=O)NCC1CCN(Cc2ccccc2)CC1. The van der Waals surface area contributed by atoms with Gasteiger partial charge in [-0.25, -0.2) is 0 Å². The van der Waals surface area contributed by atoms with Crippen LogP contribution in [0.3, 0.4) is 0 Å². The normalized spacial score (nSPS) is 16.0. The van der Waals surface area contributed by atoms with Gasteiger partial charge >= 0.3 is 0 Å². The predicted octanol–water partition coefficient (Wildman–Crippen LogP) is 4.53. The fourth-order valence-electron chi connectivity index (χ4n) is 3.48. The first-order valence-electron chi connectivity index (χ1n) is 9.91. The highest BCUT2D eigenvalue weighted by atomic mass is 35.5. The number of carbonyl (C=O) groups excluding carboxylic acids is 1. The molecule has 0 bridgehead atoms. The molecule has 0 radical (unpaired) electrons. The molecule has 5 heteroatoms. The second kappa shape index (κ2) is 9.44. The van der Waals surface area contributed by atoms with Gasteiger partial charge in [0.2, 0.25) is 0 Å². The minimum atomic E-state index is -0.929. The molecule has 0 aliphatic carbocycles. The number of piperidine rings is 1. The van der Waals surface area contributed by atoms with Gasteiger partial charge in [-0.15, -0.1) is 0 Å². The molecular formula is C23H29ClN2O2. The predicted molar refractivity (Wildman–Crippen MR) is 114 cm³/mol. The average molecular weight is 401 g/mol. The van der Waals surface area contributed by atoms with Gasteiger partial charge in [0.25, 0.3) is 5.91 Å². The van der Waals surface area contributed by atoms with Crippen molar-refractivity contribution >= 4 is 17.5 Å². The van der Waals surface area contributed by atoms with Gasteiger partial charge in [0.1, 0.15) is 5.75 Å². The summed E-state index contributed by atoms with van der Waals surface area (Å²) in [5, 5.41) is 3.73. The molecule has 1 amide bonds. The van der Waals surface area contributed by atoms with Crippen molar-refractivity contribution in [2.24, 2.45) is 5.92 Å². The third-order valence-electron chi connectivity index (χ3n) is 5.24. The van der Waals surface area contributed by atoms with Gasteiger partial charge in [-0.1, -0.05) is 41.9 Å². The molecule has 0 spiro atoms. The topological polar surface area (TPSA) is 41.6 Å². The molecule has 28 heavy (non-hydrogen) atoms. The van der Waals surface area contributed by atoms with Gasteiger partial charge in [-0.05, 0) is 75.5 Å². The van der Waals surface area contributed by atoms with E-state index in [9.17, 15) is 4.79 Å². The summed E-state index contributed by atoms with van der Waals surface area (Å²) >= 11 is 5.90. The number of likely N-dealkylation sites (tertiary alicyclic amines) is 1. The Kier molecular flexibility index (Phi) is 6.97. The summed E-state index contributed by atoms with van der Waals surface area (Å²) in [4.78, 5) is 15.1. The van der Waals surface area contributed by atoms with Crippen molar-refractivity contribution in [1.82, 2.24) is 10.2 Å². The van der Waals surface area contributed by atoms with Crippen molar-refractivity contribution in [3.8, 4) is 5.75 Å². The quantitative estimate of drug-likeness (QED) is 0.742. The van der Waals surface area contributed by atoms with Crippen LogP contribution in [0.15, 0.2) is 54.6 Å². The van der Waals surface area contributed by atoms with Crippen molar-refractivity contribution in [2.75, 3.05) is 19.6 Å². The van der Waals surface area contributed by atoms with Gasteiger partial charge in [-0.3, -0.25) is 9.69 Å². The Bertz CT molecular complexity index is 754. The number of nitrogens with one attached hydrogen (secondary N) is 1. The fraction of sp³-hybridized carbons (Fsp3) is 0.435. The van der Waals surface area contributed by atoms with E-state index in [1.54, 1.807) is 38.1 Å². The Balaban J connectivity index is 1.41. The maximum atomic E-state index is 12.6. The van der Waals surface area contributed by atoms with Crippen LogP contribution in [0.1, 0.15) is 32.3 Å². The molecular weight excluding hydrogens is 372 g/mol. The molecule has 0 saturated carbocycles. The van der Waals surface area contributed by atoms with Crippen molar-refractivity contribution in [3.63, 3.8) is 0 Å². The molecule has 0 aromatic heterocycles. The molecule has 2 aromatic carbocycles. The monoisotopic (exact) mass is 400 g/mol. The second-order valence-corrected chi connectivity index (χ2v) is 8.42. The summed E-state index contributed by atoms with van der Waals surface area (Å²) in [5.74, 6) is 1.07. The average Bonchev–Trinajstić information content (AvgIpc) is 2.69. The van der Waals surface area contributed by atoms with Crippen LogP contribution >= 0.6 is 11.6 Å². The molecule has 1 fully saturated rings. The summed E-state index contributed by atoms with van der Waals surface area (Å²) in [5.41, 5.74) is 0.428. The third-order valence-corrected chi connectivity index (χ3v) is 5.49. The molecule has 4 nitrogen and oxygen atoms in total. The van der Waals surface area contributed by atoms with Crippen molar-refractivity contribution in [3.05, 3.63) is 65.2 Å². The van der Waals surface area contributed by atoms with Gasteiger partial charge in [0, 0.05) is 18.1 Å². The molecule has 0 atom stereocenters. The van der Waals surface area contributed by atoms with E-state index in [2.05, 4.69) is 40.5 Å². The first-order valence-corrected chi connectivity index (χ1v) is 10.3. The molecule has 3 rings (SSSR count). The van der Waals surface area contributed by atoms with Crippen LogP contribution in [0.25, 0.3) is 0 Å². The summed E-state index contributed by atoms with van der Waals surface area (Å²) < 4.78 is 5.86. The van der Waals surface area contributed by atoms with E-state index >= 15 is 0 Å². The highest BCUT2D eigenvalue weighted by Gasteiger charge is 2.30. The standard InChI is InChI=1S/C23H29ClN2O2/c1-23(2,28-21-10-8-20(24)9-11-21)22(27)25-16-18-12-14-26(15-13-18)17-19-6-4-3-5-7-19/h3-11,18H,12-17H2,1-2H3,(H,25,27). The minimum Gasteiger partial charge on any atom is -0.478 e. The molecule has 1 saturated heterocycles. The second-order valence-electron chi connectivity index (χ2n) is 7.98. The largest absolute Gasteiger partial charge is 0.478 e.